The van der Waals surface area contributed by atoms with Crippen molar-refractivity contribution in [2.24, 2.45) is 5.92 Å². The summed E-state index contributed by atoms with van der Waals surface area (Å²) in [5, 5.41) is 21.5. The van der Waals surface area contributed by atoms with Crippen LogP contribution in [0, 0.1) is 16.0 Å². The predicted molar refractivity (Wildman–Crippen MR) is 128 cm³/mol. The average molecular weight is 451 g/mol. The Morgan fingerprint density at radius 1 is 1.15 bits per heavy atom. The van der Waals surface area contributed by atoms with E-state index in [0.717, 1.165) is 43.3 Å². The molecule has 1 aliphatic heterocycles. The van der Waals surface area contributed by atoms with Gasteiger partial charge in [-0.15, -0.1) is 0 Å². The summed E-state index contributed by atoms with van der Waals surface area (Å²) in [7, 11) is 0. The number of nitrogens with zero attached hydrogens (tertiary/aromatic N) is 5. The van der Waals surface area contributed by atoms with Crippen LogP contribution in [0.4, 0.5) is 17.3 Å². The monoisotopic (exact) mass is 450 g/mol. The van der Waals surface area contributed by atoms with E-state index in [0.29, 0.717) is 29.5 Å². The van der Waals surface area contributed by atoms with Crippen LogP contribution in [0.1, 0.15) is 51.0 Å². The predicted octanol–water partition coefficient (Wildman–Crippen LogP) is 4.30. The summed E-state index contributed by atoms with van der Waals surface area (Å²) in [5.74, 6) is 0.686. The first-order valence-corrected chi connectivity index (χ1v) is 11.8. The molecule has 3 heterocycles. The quantitative estimate of drug-likeness (QED) is 0.439. The maximum atomic E-state index is 11.9. The lowest BCUT2D eigenvalue weighted by Crippen LogP contribution is -2.37. The van der Waals surface area contributed by atoms with Crippen molar-refractivity contribution in [3.05, 3.63) is 40.7 Å². The summed E-state index contributed by atoms with van der Waals surface area (Å²) >= 11 is 0. The Balaban J connectivity index is 1.55. The van der Waals surface area contributed by atoms with E-state index < -0.39 is 4.92 Å². The third-order valence-corrected chi connectivity index (χ3v) is 7.14. The number of hydrogen-bond donors (Lipinski definition) is 2. The fraction of sp³-hybridized carbons (Fsp3) is 0.500. The number of rotatable bonds is 5. The molecule has 9 heteroatoms. The van der Waals surface area contributed by atoms with Crippen molar-refractivity contribution in [2.75, 3.05) is 30.3 Å². The molecule has 1 unspecified atom stereocenters. The van der Waals surface area contributed by atoms with E-state index in [4.69, 9.17) is 5.73 Å². The molecular formula is C24H30N6O3. The van der Waals surface area contributed by atoms with Gasteiger partial charge in [-0.25, -0.2) is 9.97 Å². The van der Waals surface area contributed by atoms with Crippen LogP contribution in [-0.4, -0.2) is 44.3 Å². The number of pyridine rings is 1. The third-order valence-electron chi connectivity index (χ3n) is 7.14. The number of nitrogens with two attached hydrogens (primary N) is 1. The van der Waals surface area contributed by atoms with E-state index in [1.807, 2.05) is 24.5 Å². The molecule has 3 N–H and O–H groups in total. The zero-order valence-corrected chi connectivity index (χ0v) is 18.7. The Morgan fingerprint density at radius 3 is 2.73 bits per heavy atom. The fourth-order valence-electron chi connectivity index (χ4n) is 5.39. The van der Waals surface area contributed by atoms with Crippen molar-refractivity contribution in [1.29, 1.82) is 0 Å². The molecule has 9 nitrogen and oxygen atoms in total. The Hall–Kier alpha value is -3.20. The lowest BCUT2D eigenvalue weighted by Gasteiger charge is -2.33. The molecule has 5 rings (SSSR count). The van der Waals surface area contributed by atoms with Crippen LogP contribution in [0.2, 0.25) is 0 Å². The van der Waals surface area contributed by atoms with Crippen LogP contribution in [0.15, 0.2) is 30.6 Å². The Labute approximate surface area is 192 Å². The number of hydrogen-bond acceptors (Lipinski definition) is 7. The van der Waals surface area contributed by atoms with Gasteiger partial charge in [0.25, 0.3) is 0 Å². The van der Waals surface area contributed by atoms with Crippen molar-refractivity contribution in [3.8, 4) is 11.1 Å². The molecule has 174 valence electrons. The van der Waals surface area contributed by atoms with Gasteiger partial charge >= 0.3 is 5.69 Å². The van der Waals surface area contributed by atoms with Crippen molar-refractivity contribution in [1.82, 2.24) is 14.5 Å². The first-order chi connectivity index (χ1) is 16.0. The van der Waals surface area contributed by atoms with Crippen molar-refractivity contribution < 1.29 is 10.0 Å². The van der Waals surface area contributed by atoms with Gasteiger partial charge in [0.2, 0.25) is 5.82 Å². The topological polar surface area (TPSA) is 123 Å². The van der Waals surface area contributed by atoms with Gasteiger partial charge in [0.05, 0.1) is 27.8 Å². The van der Waals surface area contributed by atoms with E-state index in [9.17, 15) is 15.2 Å². The largest absolute Gasteiger partial charge is 0.396 e. The number of aliphatic hydroxyl groups is 1. The molecule has 2 fully saturated rings. The van der Waals surface area contributed by atoms with E-state index in [-0.39, 0.29) is 24.0 Å². The van der Waals surface area contributed by atoms with E-state index in [1.165, 1.54) is 19.3 Å². The fourth-order valence-corrected chi connectivity index (χ4v) is 5.39. The minimum absolute atomic E-state index is 0.0912. The molecule has 2 aliphatic rings. The first kappa shape index (κ1) is 21.6. The number of piperidine rings is 1. The highest BCUT2D eigenvalue weighted by Gasteiger charge is 2.27. The standard InChI is InChI=1S/C24H30N6O3/c25-24-23(30(32)33)19(12-22(27-24)28-10-4-5-16(13-28)14-31)17-8-9-21-20(11-17)26-15-29(21)18-6-2-1-3-7-18/h8-9,11-12,15-16,18,31H,1-7,10,13-14H2,(H2,25,27). The van der Waals surface area contributed by atoms with E-state index in [1.54, 1.807) is 6.07 Å². The first-order valence-electron chi connectivity index (χ1n) is 11.8. The minimum Gasteiger partial charge on any atom is -0.396 e. The van der Waals surface area contributed by atoms with E-state index >= 15 is 0 Å². The molecule has 1 saturated carbocycles. The Morgan fingerprint density at radius 2 is 1.97 bits per heavy atom. The van der Waals surface area contributed by atoms with Gasteiger partial charge in [0.15, 0.2) is 0 Å². The maximum absolute atomic E-state index is 11.9. The number of imidazole rings is 1. The van der Waals surface area contributed by atoms with Gasteiger partial charge in [-0.05, 0) is 55.4 Å². The van der Waals surface area contributed by atoms with Crippen LogP contribution in [0.3, 0.4) is 0 Å². The molecule has 0 spiro atoms. The number of benzene rings is 1. The van der Waals surface area contributed by atoms with Crippen LogP contribution < -0.4 is 10.6 Å². The summed E-state index contributed by atoms with van der Waals surface area (Å²) in [5.41, 5.74) is 8.94. The SMILES string of the molecule is Nc1nc(N2CCCC(CO)C2)cc(-c2ccc3c(c2)ncn3C2CCCCC2)c1[N+](=O)[O-]. The normalized spacial score (nSPS) is 19.8. The summed E-state index contributed by atoms with van der Waals surface area (Å²) in [6, 6.07) is 8.06. The summed E-state index contributed by atoms with van der Waals surface area (Å²) in [4.78, 5) is 22.5. The summed E-state index contributed by atoms with van der Waals surface area (Å²) in [6.45, 7) is 1.56. The van der Waals surface area contributed by atoms with Gasteiger partial charge < -0.3 is 20.3 Å². The third kappa shape index (κ3) is 4.13. The second kappa shape index (κ2) is 8.97. The number of anilines is 2. The van der Waals surface area contributed by atoms with Gasteiger partial charge in [-0.2, -0.15) is 0 Å². The second-order valence-electron chi connectivity index (χ2n) is 9.30. The highest BCUT2D eigenvalue weighted by molar-refractivity contribution is 5.88. The van der Waals surface area contributed by atoms with Crippen molar-refractivity contribution in [3.63, 3.8) is 0 Å². The van der Waals surface area contributed by atoms with Gasteiger partial charge in [0, 0.05) is 25.7 Å². The highest BCUT2D eigenvalue weighted by Crippen LogP contribution is 2.39. The molecule has 1 aromatic carbocycles. The minimum atomic E-state index is -0.459. The number of nitrogen functional groups attached to an aromatic ring is 1. The van der Waals surface area contributed by atoms with Crippen molar-refractivity contribution in [2.45, 2.75) is 51.0 Å². The van der Waals surface area contributed by atoms with Crippen molar-refractivity contribution >= 4 is 28.4 Å². The van der Waals surface area contributed by atoms with Gasteiger partial charge in [-0.1, -0.05) is 25.3 Å². The lowest BCUT2D eigenvalue weighted by atomic mass is 9.95. The summed E-state index contributed by atoms with van der Waals surface area (Å²) in [6.07, 6.45) is 9.88. The van der Waals surface area contributed by atoms with Crippen LogP contribution in [0.25, 0.3) is 22.2 Å². The van der Waals surface area contributed by atoms with Gasteiger partial charge in [0.1, 0.15) is 5.82 Å². The average Bonchev–Trinajstić information content (AvgIpc) is 3.27. The zero-order valence-electron chi connectivity index (χ0n) is 18.7. The molecule has 1 aliphatic carbocycles. The maximum Gasteiger partial charge on any atom is 0.319 e. The summed E-state index contributed by atoms with van der Waals surface area (Å²) < 4.78 is 2.25. The van der Waals surface area contributed by atoms with Gasteiger partial charge in [-0.3, -0.25) is 10.1 Å². The Bertz CT molecular complexity index is 1170. The molecule has 0 radical (unpaired) electrons. The van der Waals surface area contributed by atoms with E-state index in [2.05, 4.69) is 19.4 Å². The van der Waals surface area contributed by atoms with Crippen LogP contribution in [-0.2, 0) is 0 Å². The molecule has 1 atom stereocenters. The molecular weight excluding hydrogens is 420 g/mol. The number of aromatic nitrogens is 3. The lowest BCUT2D eigenvalue weighted by molar-refractivity contribution is -0.383. The molecule has 33 heavy (non-hydrogen) atoms. The van der Waals surface area contributed by atoms with Crippen LogP contribution >= 0.6 is 0 Å². The number of nitro groups is 1. The Kier molecular flexibility index (Phi) is 5.88. The highest BCUT2D eigenvalue weighted by atomic mass is 16.6. The zero-order chi connectivity index (χ0) is 22.9. The molecule has 0 bridgehead atoms. The smallest absolute Gasteiger partial charge is 0.319 e. The molecule has 2 aromatic heterocycles. The molecule has 3 aromatic rings. The molecule has 0 amide bonds. The number of fused-ring (bicyclic) bond motifs is 1. The number of aliphatic hydroxyl groups excluding tert-OH is 1. The molecule has 1 saturated heterocycles. The second-order valence-corrected chi connectivity index (χ2v) is 9.30. The van der Waals surface area contributed by atoms with Crippen LogP contribution in [0.5, 0.6) is 0 Å².